The van der Waals surface area contributed by atoms with Crippen LogP contribution in [0.5, 0.6) is 23.0 Å². The molecule has 0 spiro atoms. The van der Waals surface area contributed by atoms with Crippen LogP contribution < -0.4 is 18.9 Å². The molecular formula is C37H44O7. The van der Waals surface area contributed by atoms with Gasteiger partial charge in [-0.1, -0.05) is 62.4 Å². The van der Waals surface area contributed by atoms with Gasteiger partial charge in [0.2, 0.25) is 5.79 Å². The molecule has 234 valence electrons. The van der Waals surface area contributed by atoms with Crippen molar-refractivity contribution in [3.05, 3.63) is 119 Å². The van der Waals surface area contributed by atoms with E-state index < -0.39 is 18.0 Å². The highest BCUT2D eigenvalue weighted by Crippen LogP contribution is 2.22. The second-order valence-corrected chi connectivity index (χ2v) is 11.2. The van der Waals surface area contributed by atoms with Crippen molar-refractivity contribution >= 4 is 0 Å². The Morgan fingerprint density at radius 1 is 0.523 bits per heavy atom. The van der Waals surface area contributed by atoms with E-state index in [-0.39, 0.29) is 13.2 Å². The minimum atomic E-state index is -1.17. The van der Waals surface area contributed by atoms with Gasteiger partial charge in [-0.3, -0.25) is 0 Å². The van der Waals surface area contributed by atoms with Gasteiger partial charge in [0, 0.05) is 13.3 Å². The number of aliphatic hydroxyl groups is 3. The van der Waals surface area contributed by atoms with Crippen LogP contribution in [-0.2, 0) is 12.8 Å². The molecule has 0 amide bonds. The van der Waals surface area contributed by atoms with E-state index in [4.69, 9.17) is 18.9 Å². The molecule has 0 aromatic heterocycles. The van der Waals surface area contributed by atoms with Gasteiger partial charge in [-0.2, -0.15) is 0 Å². The topological polar surface area (TPSA) is 97.6 Å². The molecule has 44 heavy (non-hydrogen) atoms. The summed E-state index contributed by atoms with van der Waals surface area (Å²) in [6.07, 6.45) is 1.48. The molecule has 7 nitrogen and oxygen atoms in total. The van der Waals surface area contributed by atoms with Crippen LogP contribution in [0.3, 0.4) is 0 Å². The summed E-state index contributed by atoms with van der Waals surface area (Å²) in [5, 5.41) is 30.1. The van der Waals surface area contributed by atoms with Gasteiger partial charge in [0.25, 0.3) is 0 Å². The molecule has 3 N–H and O–H groups in total. The van der Waals surface area contributed by atoms with Gasteiger partial charge in [-0.25, -0.2) is 0 Å². The Labute approximate surface area is 260 Å². The number of benzene rings is 4. The third kappa shape index (κ3) is 10.9. The number of hydrogen-bond acceptors (Lipinski definition) is 7. The molecule has 0 heterocycles. The minimum Gasteiger partial charge on any atom is -0.491 e. The Bertz CT molecular complexity index is 1380. The zero-order valence-electron chi connectivity index (χ0n) is 25.8. The normalized spacial score (nSPS) is 13.9. The molecule has 7 heteroatoms. The summed E-state index contributed by atoms with van der Waals surface area (Å²) >= 11 is 0. The molecule has 0 saturated carbocycles. The summed E-state index contributed by atoms with van der Waals surface area (Å²) < 4.78 is 22.7. The van der Waals surface area contributed by atoms with Crippen molar-refractivity contribution < 1.29 is 34.3 Å². The predicted octanol–water partition coefficient (Wildman–Crippen LogP) is 6.33. The average Bonchev–Trinajstić information content (AvgIpc) is 3.04. The summed E-state index contributed by atoms with van der Waals surface area (Å²) in [7, 11) is 0. The van der Waals surface area contributed by atoms with Crippen molar-refractivity contribution in [3.8, 4) is 23.0 Å². The largest absolute Gasteiger partial charge is 0.491 e. The van der Waals surface area contributed by atoms with Crippen LogP contribution in [0.2, 0.25) is 0 Å². The molecule has 4 aromatic rings. The van der Waals surface area contributed by atoms with Crippen LogP contribution in [0.25, 0.3) is 0 Å². The SMILES string of the molecule is CCC(O)COc1ccc(Cc2ccc(OCC(O)COc3ccc(Cc4ccc(OC(C)(O)CC)cc4)cc3)cc2)cc1. The summed E-state index contributed by atoms with van der Waals surface area (Å²) in [6.45, 7) is 5.99. The van der Waals surface area contributed by atoms with Crippen LogP contribution >= 0.6 is 0 Å². The first-order valence-electron chi connectivity index (χ1n) is 15.2. The lowest BCUT2D eigenvalue weighted by molar-refractivity contribution is -0.123. The van der Waals surface area contributed by atoms with Gasteiger partial charge in [0.1, 0.15) is 48.9 Å². The average molecular weight is 601 g/mol. The van der Waals surface area contributed by atoms with Gasteiger partial charge in [0.05, 0.1) is 6.10 Å². The molecule has 4 aromatic carbocycles. The molecule has 0 saturated heterocycles. The van der Waals surface area contributed by atoms with Crippen molar-refractivity contribution in [1.29, 1.82) is 0 Å². The maximum Gasteiger partial charge on any atom is 0.204 e. The first-order valence-corrected chi connectivity index (χ1v) is 15.2. The minimum absolute atomic E-state index is 0.123. The number of rotatable bonds is 17. The molecule has 0 radical (unpaired) electrons. The molecule has 0 fully saturated rings. The molecule has 0 bridgehead atoms. The Hall–Kier alpha value is -4.04. The van der Waals surface area contributed by atoms with E-state index in [0.717, 1.165) is 40.8 Å². The third-order valence-corrected chi connectivity index (χ3v) is 7.30. The van der Waals surface area contributed by atoms with E-state index in [1.807, 2.05) is 111 Å². The zero-order chi connectivity index (χ0) is 31.4. The first kappa shape index (κ1) is 32.9. The number of ether oxygens (including phenoxy) is 4. The second-order valence-electron chi connectivity index (χ2n) is 11.2. The van der Waals surface area contributed by atoms with Crippen LogP contribution in [0.1, 0.15) is 55.9 Å². The Balaban J connectivity index is 1.16. The van der Waals surface area contributed by atoms with Gasteiger partial charge >= 0.3 is 0 Å². The zero-order valence-corrected chi connectivity index (χ0v) is 25.8. The fourth-order valence-corrected chi connectivity index (χ4v) is 4.33. The van der Waals surface area contributed by atoms with Crippen LogP contribution in [0.15, 0.2) is 97.1 Å². The quantitative estimate of drug-likeness (QED) is 0.122. The summed E-state index contributed by atoms with van der Waals surface area (Å²) in [4.78, 5) is 0. The first-order chi connectivity index (χ1) is 21.2. The van der Waals surface area contributed by atoms with Crippen LogP contribution in [-0.4, -0.2) is 53.1 Å². The predicted molar refractivity (Wildman–Crippen MR) is 172 cm³/mol. The van der Waals surface area contributed by atoms with Crippen LogP contribution in [0.4, 0.5) is 0 Å². The van der Waals surface area contributed by atoms with E-state index in [2.05, 4.69) is 0 Å². The van der Waals surface area contributed by atoms with Gasteiger partial charge < -0.3 is 34.3 Å². The van der Waals surface area contributed by atoms with Crippen molar-refractivity contribution in [2.24, 2.45) is 0 Å². The fraction of sp³-hybridized carbons (Fsp3) is 0.351. The molecule has 4 rings (SSSR count). The van der Waals surface area contributed by atoms with E-state index >= 15 is 0 Å². The highest BCUT2D eigenvalue weighted by atomic mass is 16.6. The molecular weight excluding hydrogens is 556 g/mol. The van der Waals surface area contributed by atoms with Gasteiger partial charge in [0.15, 0.2) is 0 Å². The molecule has 0 aliphatic heterocycles. The Kier molecular flexibility index (Phi) is 12.1. The molecule has 3 unspecified atom stereocenters. The van der Waals surface area contributed by atoms with E-state index in [1.54, 1.807) is 6.92 Å². The highest BCUT2D eigenvalue weighted by Gasteiger charge is 2.19. The molecule has 0 aliphatic rings. The Morgan fingerprint density at radius 3 is 1.16 bits per heavy atom. The summed E-state index contributed by atoms with van der Waals surface area (Å²) in [5.74, 6) is 1.58. The lowest BCUT2D eigenvalue weighted by atomic mass is 10.0. The third-order valence-electron chi connectivity index (χ3n) is 7.30. The van der Waals surface area contributed by atoms with Crippen molar-refractivity contribution in [2.75, 3.05) is 19.8 Å². The van der Waals surface area contributed by atoms with Crippen molar-refractivity contribution in [2.45, 2.75) is 64.4 Å². The number of aliphatic hydroxyl groups excluding tert-OH is 2. The van der Waals surface area contributed by atoms with E-state index in [1.165, 1.54) is 0 Å². The highest BCUT2D eigenvalue weighted by molar-refractivity contribution is 5.35. The maximum absolute atomic E-state index is 10.4. The van der Waals surface area contributed by atoms with E-state index in [9.17, 15) is 15.3 Å². The lowest BCUT2D eigenvalue weighted by Crippen LogP contribution is -2.30. The summed E-state index contributed by atoms with van der Waals surface area (Å²) in [5.41, 5.74) is 4.57. The van der Waals surface area contributed by atoms with Crippen molar-refractivity contribution in [1.82, 2.24) is 0 Å². The molecule has 0 aliphatic carbocycles. The monoisotopic (exact) mass is 600 g/mol. The van der Waals surface area contributed by atoms with E-state index in [0.29, 0.717) is 36.7 Å². The van der Waals surface area contributed by atoms with Crippen LogP contribution in [0, 0.1) is 0 Å². The Morgan fingerprint density at radius 2 is 0.841 bits per heavy atom. The smallest absolute Gasteiger partial charge is 0.204 e. The lowest BCUT2D eigenvalue weighted by Gasteiger charge is -2.23. The molecule has 3 atom stereocenters. The van der Waals surface area contributed by atoms with Gasteiger partial charge in [-0.15, -0.1) is 0 Å². The van der Waals surface area contributed by atoms with Crippen molar-refractivity contribution in [3.63, 3.8) is 0 Å². The second kappa shape index (κ2) is 16.1. The standard InChI is InChI=1S/C37H44O7/c1-4-31(38)24-41-33-14-6-27(7-15-33)22-28-8-16-34(17-9-28)42-25-32(39)26-43-35-18-10-29(11-19-35)23-30-12-20-36(21-13-30)44-37(3,40)5-2/h6-21,31-32,38-40H,4-5,22-26H2,1-3H3. The van der Waals surface area contributed by atoms with Gasteiger partial charge in [-0.05, 0) is 90.0 Å². The summed E-state index contributed by atoms with van der Waals surface area (Å²) in [6, 6.07) is 31.3. The fourth-order valence-electron chi connectivity index (χ4n) is 4.33. The number of hydrogen-bond donors (Lipinski definition) is 3. The maximum atomic E-state index is 10.4.